The molecule has 0 aliphatic carbocycles. The topological polar surface area (TPSA) is 243 Å². The Hall–Kier alpha value is -3.17. The van der Waals surface area contributed by atoms with Crippen LogP contribution in [0.2, 0.25) is 0 Å². The number of nitrogens with two attached hydrogens (primary N) is 2. The van der Waals surface area contributed by atoms with Gasteiger partial charge in [-0.25, -0.2) is 9.78 Å². The normalized spacial score (nSPS) is 14.1. The van der Waals surface area contributed by atoms with Gasteiger partial charge < -0.3 is 42.6 Å². The largest absolute Gasteiger partial charge is 0.481 e. The van der Waals surface area contributed by atoms with E-state index in [1.807, 2.05) is 6.26 Å². The molecule has 1 aromatic heterocycles. The smallest absolute Gasteiger partial charge is 0.326 e. The molecule has 37 heavy (non-hydrogen) atoms. The van der Waals surface area contributed by atoms with Gasteiger partial charge in [0.1, 0.15) is 18.1 Å². The van der Waals surface area contributed by atoms with E-state index in [9.17, 15) is 29.1 Å². The van der Waals surface area contributed by atoms with E-state index in [4.69, 9.17) is 16.6 Å². The number of carbonyl (C=O) groups excluding carboxylic acids is 3. The maximum Gasteiger partial charge on any atom is 0.326 e. The SMILES string of the molecule is CSCCC(NC(=O)C(Cc1cnc[nH]1)NC(=O)C(CCCCN)NC(=O)C(N)CCC(=O)O)C(=O)O. The summed E-state index contributed by atoms with van der Waals surface area (Å²) < 4.78 is 0. The Bertz CT molecular complexity index is 885. The van der Waals surface area contributed by atoms with Crippen molar-refractivity contribution in [3.63, 3.8) is 0 Å². The van der Waals surface area contributed by atoms with Gasteiger partial charge in [0.25, 0.3) is 0 Å². The number of nitrogens with one attached hydrogen (secondary N) is 4. The summed E-state index contributed by atoms with van der Waals surface area (Å²) in [5.74, 6) is -3.88. The summed E-state index contributed by atoms with van der Waals surface area (Å²) in [6.45, 7) is 0.373. The quantitative estimate of drug-likeness (QED) is 0.0939. The highest BCUT2D eigenvalue weighted by molar-refractivity contribution is 7.98. The van der Waals surface area contributed by atoms with Crippen molar-refractivity contribution in [2.75, 3.05) is 18.6 Å². The Morgan fingerprint density at radius 2 is 1.62 bits per heavy atom. The average Bonchev–Trinajstić information content (AvgIpc) is 3.36. The highest BCUT2D eigenvalue weighted by atomic mass is 32.2. The molecule has 0 aliphatic rings. The zero-order valence-electron chi connectivity index (χ0n) is 20.8. The van der Waals surface area contributed by atoms with E-state index >= 15 is 0 Å². The molecule has 1 heterocycles. The van der Waals surface area contributed by atoms with Crippen molar-refractivity contribution in [1.29, 1.82) is 0 Å². The number of amides is 3. The van der Waals surface area contributed by atoms with Gasteiger partial charge in [0.05, 0.1) is 12.4 Å². The van der Waals surface area contributed by atoms with Crippen LogP contribution in [0.5, 0.6) is 0 Å². The summed E-state index contributed by atoms with van der Waals surface area (Å²) in [5.41, 5.74) is 11.8. The predicted molar refractivity (Wildman–Crippen MR) is 136 cm³/mol. The molecule has 10 N–H and O–H groups in total. The fraction of sp³-hybridized carbons (Fsp3) is 0.636. The summed E-state index contributed by atoms with van der Waals surface area (Å²) in [7, 11) is 0. The van der Waals surface area contributed by atoms with Gasteiger partial charge in [-0.15, -0.1) is 0 Å². The molecule has 4 atom stereocenters. The summed E-state index contributed by atoms with van der Waals surface area (Å²) >= 11 is 1.43. The average molecular weight is 544 g/mol. The highest BCUT2D eigenvalue weighted by Crippen LogP contribution is 2.07. The molecule has 14 nitrogen and oxygen atoms in total. The van der Waals surface area contributed by atoms with Crippen LogP contribution < -0.4 is 27.4 Å². The van der Waals surface area contributed by atoms with Crippen molar-refractivity contribution in [3.8, 4) is 0 Å². The van der Waals surface area contributed by atoms with Crippen LogP contribution in [-0.4, -0.2) is 92.6 Å². The summed E-state index contributed by atoms with van der Waals surface area (Å²) in [5, 5.41) is 25.9. The third-order valence-corrected chi connectivity index (χ3v) is 6.07. The van der Waals surface area contributed by atoms with Crippen LogP contribution >= 0.6 is 11.8 Å². The maximum absolute atomic E-state index is 13.2. The lowest BCUT2D eigenvalue weighted by Gasteiger charge is -2.25. The fourth-order valence-corrected chi connectivity index (χ4v) is 3.79. The molecule has 4 unspecified atom stereocenters. The van der Waals surface area contributed by atoms with Gasteiger partial charge in [-0.1, -0.05) is 0 Å². The molecule has 0 fully saturated rings. The molecule has 1 rings (SSSR count). The van der Waals surface area contributed by atoms with Crippen molar-refractivity contribution in [2.24, 2.45) is 11.5 Å². The van der Waals surface area contributed by atoms with Crippen molar-refractivity contribution in [3.05, 3.63) is 18.2 Å². The Morgan fingerprint density at radius 1 is 0.973 bits per heavy atom. The number of aromatic amines is 1. The Morgan fingerprint density at radius 3 is 2.19 bits per heavy atom. The van der Waals surface area contributed by atoms with Crippen LogP contribution in [0.25, 0.3) is 0 Å². The van der Waals surface area contributed by atoms with Crippen LogP contribution in [-0.2, 0) is 30.4 Å². The predicted octanol–water partition coefficient (Wildman–Crippen LogP) is -1.43. The lowest BCUT2D eigenvalue weighted by molar-refractivity contribution is -0.142. The number of carboxylic acid groups (broad SMARTS) is 2. The molecule has 0 aliphatic heterocycles. The zero-order valence-corrected chi connectivity index (χ0v) is 21.6. The highest BCUT2D eigenvalue weighted by Gasteiger charge is 2.30. The first-order valence-corrected chi connectivity index (χ1v) is 13.3. The van der Waals surface area contributed by atoms with Crippen LogP contribution in [0.3, 0.4) is 0 Å². The van der Waals surface area contributed by atoms with Gasteiger partial charge in [0, 0.05) is 24.7 Å². The Labute approximate surface area is 219 Å². The lowest BCUT2D eigenvalue weighted by atomic mass is 10.0. The van der Waals surface area contributed by atoms with E-state index in [1.165, 1.54) is 24.3 Å². The lowest BCUT2D eigenvalue weighted by Crippen LogP contribution is -2.57. The minimum atomic E-state index is -1.20. The summed E-state index contributed by atoms with van der Waals surface area (Å²) in [6.07, 6.45) is 5.72. The number of nitrogens with zero attached hydrogens (tertiary/aromatic N) is 1. The van der Waals surface area contributed by atoms with Crippen LogP contribution in [0.15, 0.2) is 12.5 Å². The molecule has 0 radical (unpaired) electrons. The molecule has 3 amide bonds. The van der Waals surface area contributed by atoms with Gasteiger partial charge in [-0.05, 0) is 50.7 Å². The number of rotatable bonds is 19. The molecule has 0 aromatic carbocycles. The number of unbranched alkanes of at least 4 members (excludes halogenated alkanes) is 1. The minimum Gasteiger partial charge on any atom is -0.481 e. The number of hydrogen-bond donors (Lipinski definition) is 8. The molecule has 1 aromatic rings. The van der Waals surface area contributed by atoms with Crippen molar-refractivity contribution in [1.82, 2.24) is 25.9 Å². The Balaban J connectivity index is 3.02. The monoisotopic (exact) mass is 543 g/mol. The number of carboxylic acids is 2. The number of aliphatic carboxylic acids is 2. The minimum absolute atomic E-state index is 0.00592. The van der Waals surface area contributed by atoms with E-state index < -0.39 is 53.8 Å². The number of imidazole rings is 1. The summed E-state index contributed by atoms with van der Waals surface area (Å²) in [4.78, 5) is 67.8. The van der Waals surface area contributed by atoms with E-state index in [0.717, 1.165) is 0 Å². The first kappa shape index (κ1) is 31.9. The van der Waals surface area contributed by atoms with Crippen LogP contribution in [0, 0.1) is 0 Å². The second-order valence-corrected chi connectivity index (χ2v) is 9.39. The second-order valence-electron chi connectivity index (χ2n) is 8.41. The van der Waals surface area contributed by atoms with Crippen molar-refractivity contribution < 1.29 is 34.2 Å². The van der Waals surface area contributed by atoms with E-state index in [0.29, 0.717) is 30.8 Å². The number of thioether (sulfide) groups is 1. The Kier molecular flexibility index (Phi) is 14.9. The van der Waals surface area contributed by atoms with E-state index in [-0.39, 0.29) is 32.1 Å². The maximum atomic E-state index is 13.2. The molecule has 0 spiro atoms. The van der Waals surface area contributed by atoms with E-state index in [2.05, 4.69) is 25.9 Å². The summed E-state index contributed by atoms with van der Waals surface area (Å²) in [6, 6.07) is -4.52. The number of aromatic nitrogens is 2. The van der Waals surface area contributed by atoms with Gasteiger partial charge in [-0.3, -0.25) is 19.2 Å². The first-order chi connectivity index (χ1) is 17.6. The third-order valence-electron chi connectivity index (χ3n) is 5.42. The zero-order chi connectivity index (χ0) is 27.8. The van der Waals surface area contributed by atoms with Crippen LogP contribution in [0.4, 0.5) is 0 Å². The van der Waals surface area contributed by atoms with Crippen molar-refractivity contribution >= 4 is 41.4 Å². The van der Waals surface area contributed by atoms with Gasteiger partial charge in [0.2, 0.25) is 17.7 Å². The molecule has 0 bridgehead atoms. The second kappa shape index (κ2) is 17.3. The van der Waals surface area contributed by atoms with Gasteiger partial charge >= 0.3 is 11.9 Å². The molecule has 0 saturated carbocycles. The van der Waals surface area contributed by atoms with Gasteiger partial charge in [-0.2, -0.15) is 11.8 Å². The van der Waals surface area contributed by atoms with Gasteiger partial charge in [0.15, 0.2) is 0 Å². The third kappa shape index (κ3) is 12.6. The number of hydrogen-bond acceptors (Lipinski definition) is 9. The first-order valence-electron chi connectivity index (χ1n) is 11.9. The van der Waals surface area contributed by atoms with E-state index in [1.54, 1.807) is 0 Å². The molecule has 208 valence electrons. The molecular formula is C22H37N7O7S. The number of H-pyrrole nitrogens is 1. The van der Waals surface area contributed by atoms with Crippen molar-refractivity contribution in [2.45, 2.75) is 69.1 Å². The standard InChI is InChI=1S/C22H37N7O7S/c1-37-9-7-16(22(35)36)28-21(34)17(10-13-11-25-12-26-13)29-20(33)15(4-2-3-8-23)27-19(32)14(24)5-6-18(30)31/h11-12,14-17H,2-10,23-24H2,1H3,(H,25,26)(H,27,32)(H,28,34)(H,29,33)(H,30,31)(H,35,36). The molecule has 0 saturated heterocycles. The van der Waals surface area contributed by atoms with Crippen LogP contribution in [0.1, 0.15) is 44.2 Å². The molecular weight excluding hydrogens is 506 g/mol. The number of carbonyl (C=O) groups is 5. The fourth-order valence-electron chi connectivity index (χ4n) is 3.31. The molecule has 15 heteroatoms.